The number of imidazole rings is 2. The van der Waals surface area contributed by atoms with Crippen LogP contribution < -0.4 is 17.0 Å². The second-order valence-electron chi connectivity index (χ2n) is 10.4. The molecule has 4 aromatic heterocycles. The highest BCUT2D eigenvalue weighted by atomic mass is 32.1. The van der Waals surface area contributed by atoms with Crippen molar-refractivity contribution in [3.63, 3.8) is 0 Å². The van der Waals surface area contributed by atoms with Crippen LogP contribution in [0.4, 0.5) is 11.8 Å². The molecule has 0 amide bonds. The molecule has 0 spiro atoms. The zero-order chi connectivity index (χ0) is 32.2. The van der Waals surface area contributed by atoms with Crippen LogP contribution in [-0.4, -0.2) is 106 Å². The van der Waals surface area contributed by atoms with Gasteiger partial charge in [0.1, 0.15) is 42.9 Å². The standard InChI is InChI=1S/C22H24N10O11P2S/c23-15-9-16(26-4-25-15)31(5-27-9)20-13-14(22(42-20,2-37-13)3-39-44-35)43-45(36)40-1-8-11(33)12(38-7-46)19(41-8)32-6-28-10-17(32)29-21(24)30-18(10)34/h4-6,8,11-14,19-20,33H,1-3,7H2,(H5-,23,24,25,26,29,30,34,46)/p+1. The van der Waals surface area contributed by atoms with E-state index in [1.807, 2.05) is 0 Å². The van der Waals surface area contributed by atoms with E-state index in [4.69, 9.17) is 44.0 Å². The molecule has 21 nitrogen and oxygen atoms in total. The number of nitrogens with one attached hydrogen (secondary N) is 1. The van der Waals surface area contributed by atoms with Gasteiger partial charge >= 0.3 is 16.9 Å². The number of aromatic amines is 1. The lowest BCUT2D eigenvalue weighted by Gasteiger charge is -2.29. The molecule has 9 unspecified atom stereocenters. The van der Waals surface area contributed by atoms with Crippen molar-refractivity contribution >= 4 is 63.7 Å². The Hall–Kier alpha value is -3.27. The zero-order valence-corrected chi connectivity index (χ0v) is 25.9. The van der Waals surface area contributed by atoms with Crippen molar-refractivity contribution in [1.82, 2.24) is 39.0 Å². The van der Waals surface area contributed by atoms with Crippen molar-refractivity contribution in [2.45, 2.75) is 48.6 Å². The van der Waals surface area contributed by atoms with E-state index in [9.17, 15) is 19.0 Å². The fourth-order valence-corrected chi connectivity index (χ4v) is 7.07. The molecular weight excluding hydrogens is 674 g/mol. The smallest absolute Gasteiger partial charge is 0.387 e. The number of aromatic nitrogens is 8. The number of H-pyrrole nitrogens is 1. The van der Waals surface area contributed by atoms with Gasteiger partial charge in [-0.3, -0.25) is 23.4 Å². The number of ether oxygens (including phenoxy) is 4. The van der Waals surface area contributed by atoms with Crippen LogP contribution in [-0.2, 0) is 41.6 Å². The molecule has 0 saturated carbocycles. The normalized spacial score (nSPS) is 31.1. The summed E-state index contributed by atoms with van der Waals surface area (Å²) in [6.45, 7) is -0.677. The molecular formula is C22H25N10O11P2S+. The molecule has 0 aliphatic carbocycles. The Bertz CT molecular complexity index is 1860. The zero-order valence-electron chi connectivity index (χ0n) is 23.3. The SMILES string of the molecule is Nc1nc2c(ncn2C2OC(CO[P+](=O)OC3C4OCC3(COP=O)OC4n3cnc4c(N)ncnc43)C(O)C2OCS)c(=O)[nH]1. The summed E-state index contributed by atoms with van der Waals surface area (Å²) in [6, 6.07) is 0. The fourth-order valence-electron chi connectivity index (χ4n) is 5.80. The molecule has 0 aromatic carbocycles. The molecule has 3 saturated heterocycles. The summed E-state index contributed by atoms with van der Waals surface area (Å²) >= 11 is 4.09. The van der Waals surface area contributed by atoms with E-state index in [1.165, 1.54) is 23.5 Å². The molecule has 9 atom stereocenters. The Kier molecular flexibility index (Phi) is 8.44. The largest absolute Gasteiger partial charge is 0.697 e. The number of rotatable bonds is 12. The first kappa shape index (κ1) is 31.3. The number of nitrogens with zero attached hydrogens (tertiary/aromatic N) is 7. The summed E-state index contributed by atoms with van der Waals surface area (Å²) in [5.74, 6) is -0.0700. The maximum absolute atomic E-state index is 13.2. The number of hydrogen-bond donors (Lipinski definition) is 5. The molecule has 24 heteroatoms. The van der Waals surface area contributed by atoms with E-state index in [-0.39, 0.29) is 42.1 Å². The second-order valence-corrected chi connectivity index (χ2v) is 12.0. The fraction of sp³-hybridized carbons (Fsp3) is 0.545. The van der Waals surface area contributed by atoms with Crippen LogP contribution >= 0.6 is 29.6 Å². The minimum atomic E-state index is -2.88. The Morgan fingerprint density at radius 2 is 1.96 bits per heavy atom. The third kappa shape index (κ3) is 5.24. The molecule has 3 fully saturated rings. The highest BCUT2D eigenvalue weighted by Crippen LogP contribution is 2.51. The number of hydrogen-bond acceptors (Lipinski definition) is 19. The third-order valence-corrected chi connectivity index (χ3v) is 8.99. The number of aliphatic hydroxyl groups is 1. The predicted octanol–water partition coefficient (Wildman–Crippen LogP) is -0.396. The van der Waals surface area contributed by atoms with Gasteiger partial charge in [0, 0.05) is 4.57 Å². The van der Waals surface area contributed by atoms with E-state index in [1.54, 1.807) is 4.57 Å². The van der Waals surface area contributed by atoms with Crippen LogP contribution in [0.5, 0.6) is 0 Å². The van der Waals surface area contributed by atoms with E-state index in [2.05, 4.69) is 42.5 Å². The summed E-state index contributed by atoms with van der Waals surface area (Å²) in [5.41, 5.74) is 10.5. The summed E-state index contributed by atoms with van der Waals surface area (Å²) in [7, 11) is -3.49. The average Bonchev–Trinajstić information content (AvgIpc) is 3.84. The lowest BCUT2D eigenvalue weighted by Crippen LogP contribution is -2.45. The van der Waals surface area contributed by atoms with Crippen molar-refractivity contribution in [2.24, 2.45) is 0 Å². The van der Waals surface area contributed by atoms with Crippen LogP contribution in [0.3, 0.4) is 0 Å². The second kappa shape index (κ2) is 12.4. The van der Waals surface area contributed by atoms with Crippen molar-refractivity contribution in [3.05, 3.63) is 29.3 Å². The monoisotopic (exact) mass is 699 g/mol. The average molecular weight is 700 g/mol. The van der Waals surface area contributed by atoms with Gasteiger partial charge in [-0.25, -0.2) is 24.5 Å². The van der Waals surface area contributed by atoms with E-state index >= 15 is 0 Å². The number of nitrogen functional groups attached to an aromatic ring is 2. The molecule has 3 aliphatic rings. The van der Waals surface area contributed by atoms with Crippen LogP contribution in [0.1, 0.15) is 12.5 Å². The molecule has 7 rings (SSSR count). The van der Waals surface area contributed by atoms with Crippen molar-refractivity contribution < 1.29 is 46.8 Å². The molecule has 0 radical (unpaired) electrons. The van der Waals surface area contributed by atoms with Gasteiger partial charge in [-0.2, -0.15) is 17.6 Å². The van der Waals surface area contributed by atoms with Gasteiger partial charge in [0.25, 0.3) is 5.56 Å². The summed E-state index contributed by atoms with van der Waals surface area (Å²) < 4.78 is 67.6. The van der Waals surface area contributed by atoms with Crippen LogP contribution in [0.15, 0.2) is 23.8 Å². The van der Waals surface area contributed by atoms with E-state index in [0.717, 1.165) is 0 Å². The number of thiol groups is 1. The number of nitrogens with two attached hydrogens (primary N) is 2. The topological polar surface area (TPSA) is 278 Å². The molecule has 7 heterocycles. The highest BCUT2D eigenvalue weighted by Gasteiger charge is 2.67. The third-order valence-electron chi connectivity index (χ3n) is 7.84. The van der Waals surface area contributed by atoms with E-state index in [0.29, 0.717) is 11.2 Å². The first-order chi connectivity index (χ1) is 22.2. The van der Waals surface area contributed by atoms with Gasteiger partial charge in [0.2, 0.25) is 5.95 Å². The molecule has 46 heavy (non-hydrogen) atoms. The van der Waals surface area contributed by atoms with E-state index < -0.39 is 77.7 Å². The summed E-state index contributed by atoms with van der Waals surface area (Å²) in [4.78, 5) is 35.2. The van der Waals surface area contributed by atoms with Gasteiger partial charge in [0.05, 0.1) is 31.8 Å². The van der Waals surface area contributed by atoms with Crippen molar-refractivity contribution in [1.29, 1.82) is 0 Å². The van der Waals surface area contributed by atoms with Crippen LogP contribution in [0, 0.1) is 0 Å². The first-order valence-electron chi connectivity index (χ1n) is 13.5. The Labute approximate surface area is 264 Å². The molecule has 2 bridgehead atoms. The first-order valence-corrected chi connectivity index (χ1v) is 15.9. The van der Waals surface area contributed by atoms with Crippen molar-refractivity contribution in [2.75, 3.05) is 37.2 Å². The van der Waals surface area contributed by atoms with Crippen LogP contribution in [0.2, 0.25) is 0 Å². The Morgan fingerprint density at radius 3 is 2.74 bits per heavy atom. The summed E-state index contributed by atoms with van der Waals surface area (Å²) in [6.07, 6.45) is -3.12. The maximum atomic E-state index is 13.2. The minimum absolute atomic E-state index is 0.00371. The van der Waals surface area contributed by atoms with Gasteiger partial charge in [-0.05, 0) is 0 Å². The molecule has 4 aromatic rings. The quantitative estimate of drug-likeness (QED) is 0.0714. The van der Waals surface area contributed by atoms with Gasteiger partial charge in [-0.1, -0.05) is 0 Å². The predicted molar refractivity (Wildman–Crippen MR) is 156 cm³/mol. The lowest BCUT2D eigenvalue weighted by atomic mass is 10.0. The Morgan fingerprint density at radius 1 is 1.17 bits per heavy atom. The van der Waals surface area contributed by atoms with Crippen LogP contribution in [0.25, 0.3) is 22.3 Å². The number of fused-ring (bicyclic) bond motifs is 4. The molecule has 3 aliphatic heterocycles. The Balaban J connectivity index is 1.07. The van der Waals surface area contributed by atoms with Gasteiger partial charge < -0.3 is 35.5 Å². The van der Waals surface area contributed by atoms with Gasteiger partial charge in [-0.15, -0.1) is 9.05 Å². The number of aliphatic hydroxyl groups excluding tert-OH is 1. The summed E-state index contributed by atoms with van der Waals surface area (Å²) in [5, 5.41) is 11.0. The number of anilines is 2. The maximum Gasteiger partial charge on any atom is 0.697 e. The molecule has 6 N–H and O–H groups in total. The van der Waals surface area contributed by atoms with Crippen molar-refractivity contribution in [3.8, 4) is 0 Å². The molecule has 244 valence electrons. The van der Waals surface area contributed by atoms with Gasteiger partial charge in [0.15, 0.2) is 46.8 Å². The highest BCUT2D eigenvalue weighted by molar-refractivity contribution is 7.80. The minimum Gasteiger partial charge on any atom is -0.387 e. The lowest BCUT2D eigenvalue weighted by molar-refractivity contribution is -0.181.